The molecule has 0 aliphatic heterocycles. The van der Waals surface area contributed by atoms with Gasteiger partial charge in [-0.15, -0.1) is 0 Å². The number of hydrogen-bond donors (Lipinski definition) is 2. The Kier molecular flexibility index (Phi) is 7.35. The Morgan fingerprint density at radius 3 is 2.54 bits per heavy atom. The second-order valence-corrected chi connectivity index (χ2v) is 6.19. The summed E-state index contributed by atoms with van der Waals surface area (Å²) in [7, 11) is 1.70. The number of aromatic nitrogens is 1. The van der Waals surface area contributed by atoms with E-state index < -0.39 is 0 Å². The predicted octanol–water partition coefficient (Wildman–Crippen LogP) is 5.30. The molecular weight excluding hydrogens is 364 g/mol. The number of nitrogens with one attached hydrogen (secondary N) is 2. The molecule has 0 bridgehead atoms. The second-order valence-electron chi connectivity index (χ2n) is 5.28. The minimum atomic E-state index is 0.888. The number of halogens is 1. The first-order valence-corrected chi connectivity index (χ1v) is 9.15. The number of methoxy groups -OCH3 is 1. The zero-order valence-corrected chi connectivity index (χ0v) is 16.1. The third kappa shape index (κ3) is 4.86. The van der Waals surface area contributed by atoms with E-state index in [0.29, 0.717) is 0 Å². The summed E-state index contributed by atoms with van der Waals surface area (Å²) in [5.41, 5.74) is 3.77. The maximum absolute atomic E-state index is 5.31. The van der Waals surface area contributed by atoms with Crippen LogP contribution in [0.2, 0.25) is 0 Å². The molecule has 0 unspecified atom stereocenters. The molecule has 4 heteroatoms. The molecule has 3 nitrogen and oxygen atoms in total. The second kappa shape index (κ2) is 9.50. The summed E-state index contributed by atoms with van der Waals surface area (Å²) in [6.45, 7) is 5.83. The highest BCUT2D eigenvalue weighted by molar-refractivity contribution is 9.10. The summed E-state index contributed by atoms with van der Waals surface area (Å²) in [6.07, 6.45) is 3.08. The molecule has 0 saturated carbocycles. The van der Waals surface area contributed by atoms with E-state index in [-0.39, 0.29) is 0 Å². The van der Waals surface area contributed by atoms with E-state index in [4.69, 9.17) is 4.74 Å². The molecule has 0 aliphatic rings. The van der Waals surface area contributed by atoms with Gasteiger partial charge in [0.15, 0.2) is 0 Å². The van der Waals surface area contributed by atoms with Gasteiger partial charge in [-0.05, 0) is 54.4 Å². The van der Waals surface area contributed by atoms with Gasteiger partial charge in [-0.25, -0.2) is 0 Å². The van der Waals surface area contributed by atoms with E-state index in [9.17, 15) is 0 Å². The van der Waals surface area contributed by atoms with Crippen molar-refractivity contribution in [3.63, 3.8) is 0 Å². The predicted molar refractivity (Wildman–Crippen MR) is 106 cm³/mol. The van der Waals surface area contributed by atoms with Crippen molar-refractivity contribution in [2.75, 3.05) is 13.7 Å². The highest BCUT2D eigenvalue weighted by Crippen LogP contribution is 2.23. The van der Waals surface area contributed by atoms with Crippen LogP contribution in [0.25, 0.3) is 10.9 Å². The SMILES string of the molecule is CC.COc1ccc2[nH]cc(CCNCc3ccc(Br)cc3)c2c1. The Morgan fingerprint density at radius 2 is 1.83 bits per heavy atom. The van der Waals surface area contributed by atoms with E-state index >= 15 is 0 Å². The fourth-order valence-electron chi connectivity index (χ4n) is 2.55. The zero-order chi connectivity index (χ0) is 17.4. The highest BCUT2D eigenvalue weighted by atomic mass is 79.9. The number of H-pyrrole nitrogens is 1. The number of benzene rings is 2. The smallest absolute Gasteiger partial charge is 0.119 e. The number of aromatic amines is 1. The Bertz CT molecular complexity index is 750. The molecule has 2 N–H and O–H groups in total. The Labute approximate surface area is 152 Å². The van der Waals surface area contributed by atoms with Crippen molar-refractivity contribution < 1.29 is 4.74 Å². The summed E-state index contributed by atoms with van der Waals surface area (Å²) in [4.78, 5) is 3.32. The van der Waals surface area contributed by atoms with Crippen molar-refractivity contribution in [2.45, 2.75) is 26.8 Å². The van der Waals surface area contributed by atoms with E-state index in [2.05, 4.69) is 68.8 Å². The van der Waals surface area contributed by atoms with Gasteiger partial charge in [-0.3, -0.25) is 0 Å². The molecule has 0 atom stereocenters. The average molecular weight is 389 g/mol. The van der Waals surface area contributed by atoms with E-state index in [1.54, 1.807) is 7.11 Å². The third-order valence-corrected chi connectivity index (χ3v) is 4.32. The molecule has 0 amide bonds. The molecule has 1 aromatic heterocycles. The zero-order valence-electron chi connectivity index (χ0n) is 14.5. The first-order valence-electron chi connectivity index (χ1n) is 8.35. The summed E-state index contributed by atoms with van der Waals surface area (Å²) >= 11 is 3.45. The van der Waals surface area contributed by atoms with Gasteiger partial charge in [0.05, 0.1) is 7.11 Å². The largest absolute Gasteiger partial charge is 0.497 e. The van der Waals surface area contributed by atoms with Gasteiger partial charge in [-0.1, -0.05) is 41.9 Å². The normalized spacial score (nSPS) is 10.3. The molecule has 0 radical (unpaired) electrons. The molecule has 3 rings (SSSR count). The van der Waals surface area contributed by atoms with Crippen LogP contribution >= 0.6 is 15.9 Å². The summed E-state index contributed by atoms with van der Waals surface area (Å²) in [5.74, 6) is 0.899. The fourth-order valence-corrected chi connectivity index (χ4v) is 2.81. The number of hydrogen-bond acceptors (Lipinski definition) is 2. The molecule has 1 heterocycles. The standard InChI is InChI=1S/C18H19BrN2O.C2H6/c1-22-16-6-7-18-17(10-16)14(12-21-18)8-9-20-11-13-2-4-15(19)5-3-13;1-2/h2-7,10,12,20-21H,8-9,11H2,1H3;1-2H3. The Balaban J connectivity index is 0.00000100. The molecule has 0 aliphatic carbocycles. The lowest BCUT2D eigenvalue weighted by atomic mass is 10.1. The van der Waals surface area contributed by atoms with Crippen LogP contribution in [0.5, 0.6) is 5.75 Å². The van der Waals surface area contributed by atoms with Crippen LogP contribution < -0.4 is 10.1 Å². The quantitative estimate of drug-likeness (QED) is 0.562. The molecule has 3 aromatic rings. The minimum Gasteiger partial charge on any atom is -0.497 e. The lowest BCUT2D eigenvalue weighted by Gasteiger charge is -2.05. The Hall–Kier alpha value is -1.78. The lowest BCUT2D eigenvalue weighted by molar-refractivity contribution is 0.415. The summed E-state index contributed by atoms with van der Waals surface area (Å²) < 4.78 is 6.42. The van der Waals surface area contributed by atoms with Gasteiger partial charge in [0.1, 0.15) is 5.75 Å². The first-order chi connectivity index (χ1) is 11.8. The fraction of sp³-hybridized carbons (Fsp3) is 0.300. The van der Waals surface area contributed by atoms with Crippen molar-refractivity contribution in [1.29, 1.82) is 0 Å². The molecule has 0 fully saturated rings. The van der Waals surface area contributed by atoms with Gasteiger partial charge >= 0.3 is 0 Å². The van der Waals surface area contributed by atoms with Gasteiger partial charge in [0.25, 0.3) is 0 Å². The van der Waals surface area contributed by atoms with Crippen molar-refractivity contribution in [3.05, 3.63) is 64.3 Å². The van der Waals surface area contributed by atoms with Gasteiger partial charge < -0.3 is 15.0 Å². The molecule has 0 spiro atoms. The van der Waals surface area contributed by atoms with Crippen molar-refractivity contribution >= 4 is 26.8 Å². The van der Waals surface area contributed by atoms with Crippen molar-refractivity contribution in [2.24, 2.45) is 0 Å². The van der Waals surface area contributed by atoms with Crippen LogP contribution in [-0.4, -0.2) is 18.6 Å². The summed E-state index contributed by atoms with van der Waals surface area (Å²) in [6, 6.07) is 14.5. The van der Waals surface area contributed by atoms with Crippen LogP contribution in [0.3, 0.4) is 0 Å². The van der Waals surface area contributed by atoms with Crippen LogP contribution in [0.4, 0.5) is 0 Å². The maximum Gasteiger partial charge on any atom is 0.119 e. The number of ether oxygens (including phenoxy) is 1. The van der Waals surface area contributed by atoms with E-state index in [1.165, 1.54) is 16.5 Å². The highest BCUT2D eigenvalue weighted by Gasteiger charge is 2.05. The molecule has 24 heavy (non-hydrogen) atoms. The molecule has 2 aromatic carbocycles. The van der Waals surface area contributed by atoms with E-state index in [1.807, 2.05) is 19.9 Å². The number of rotatable bonds is 6. The van der Waals surface area contributed by atoms with Crippen LogP contribution in [-0.2, 0) is 13.0 Å². The maximum atomic E-state index is 5.31. The van der Waals surface area contributed by atoms with Crippen LogP contribution in [0.15, 0.2) is 53.1 Å². The van der Waals surface area contributed by atoms with Gasteiger partial charge in [-0.2, -0.15) is 0 Å². The van der Waals surface area contributed by atoms with Gasteiger partial charge in [0, 0.05) is 28.1 Å². The van der Waals surface area contributed by atoms with Crippen molar-refractivity contribution in [3.8, 4) is 5.75 Å². The van der Waals surface area contributed by atoms with E-state index in [0.717, 1.165) is 35.2 Å². The average Bonchev–Trinajstić information content (AvgIpc) is 3.04. The Morgan fingerprint density at radius 1 is 1.08 bits per heavy atom. The third-order valence-electron chi connectivity index (χ3n) is 3.79. The minimum absolute atomic E-state index is 0.888. The van der Waals surface area contributed by atoms with Gasteiger partial charge in [0.2, 0.25) is 0 Å². The van der Waals surface area contributed by atoms with Crippen LogP contribution in [0, 0.1) is 0 Å². The van der Waals surface area contributed by atoms with Crippen LogP contribution in [0.1, 0.15) is 25.0 Å². The molecule has 128 valence electrons. The topological polar surface area (TPSA) is 37.0 Å². The molecule has 0 saturated heterocycles. The first kappa shape index (κ1) is 18.6. The molecular formula is C20H25BrN2O. The van der Waals surface area contributed by atoms with Crippen molar-refractivity contribution in [1.82, 2.24) is 10.3 Å². The monoisotopic (exact) mass is 388 g/mol. The lowest BCUT2D eigenvalue weighted by Crippen LogP contribution is -2.16. The summed E-state index contributed by atoms with van der Waals surface area (Å²) in [5, 5.41) is 4.73. The number of fused-ring (bicyclic) bond motifs is 1.